The van der Waals surface area contributed by atoms with Crippen LogP contribution in [0.2, 0.25) is 0 Å². The van der Waals surface area contributed by atoms with E-state index in [-0.39, 0.29) is 23.5 Å². The Kier molecular flexibility index (Phi) is 5.57. The number of ether oxygens (including phenoxy) is 1. The van der Waals surface area contributed by atoms with Gasteiger partial charge in [0.15, 0.2) is 11.5 Å². The fraction of sp³-hybridized carbons (Fsp3) is 0.417. The molecule has 0 fully saturated rings. The molecule has 0 heterocycles. The normalized spacial score (nSPS) is 10.2. The molecule has 1 rings (SSSR count). The molecule has 0 amide bonds. The number of hydrogen-bond donors (Lipinski definition) is 1. The Hall–Kier alpha value is -1.82. The van der Waals surface area contributed by atoms with Gasteiger partial charge in [-0.25, -0.2) is 0 Å². The molecule has 0 aliphatic heterocycles. The minimum Gasteiger partial charge on any atom is -0.500 e. The number of alkyl halides is 1. The molecule has 0 aliphatic rings. The highest BCUT2D eigenvalue weighted by atomic mass is 35.5. The summed E-state index contributed by atoms with van der Waals surface area (Å²) in [4.78, 5) is 21.9. The molecule has 1 aromatic carbocycles. The molecule has 0 unspecified atom stereocenters. The van der Waals surface area contributed by atoms with Crippen LogP contribution in [-0.2, 0) is 0 Å². The highest BCUT2D eigenvalue weighted by Gasteiger charge is 2.22. The number of halogens is 1. The van der Waals surface area contributed by atoms with Gasteiger partial charge in [0.1, 0.15) is 0 Å². The van der Waals surface area contributed by atoms with Crippen LogP contribution in [-0.4, -0.2) is 28.8 Å². The summed E-state index contributed by atoms with van der Waals surface area (Å²) in [6.07, 6.45) is 1.56. The minimum absolute atomic E-state index is 0.0881. The molecule has 0 atom stereocenters. The van der Waals surface area contributed by atoms with Gasteiger partial charge in [0.05, 0.1) is 12.0 Å². The first-order valence-corrected chi connectivity index (χ1v) is 6.19. The predicted molar refractivity (Wildman–Crippen MR) is 70.2 cm³/mol. The number of methoxy groups -OCH3 is 1. The number of benzene rings is 1. The van der Waals surface area contributed by atoms with E-state index in [0.29, 0.717) is 18.7 Å². The van der Waals surface area contributed by atoms with E-state index in [0.717, 1.165) is 6.07 Å². The van der Waals surface area contributed by atoms with Crippen molar-refractivity contribution in [2.75, 3.05) is 13.0 Å². The molecule has 0 aliphatic carbocycles. The van der Waals surface area contributed by atoms with Crippen molar-refractivity contribution in [1.82, 2.24) is 0 Å². The smallest absolute Gasteiger partial charge is 0.315 e. The second-order valence-corrected chi connectivity index (χ2v) is 4.25. The number of unbranched alkanes of at least 4 members (excludes halogenated alkanes) is 1. The SMILES string of the molecule is COc1cc(C(=O)CCCCCl)cc([N+](=O)[O-])c1O. The maximum Gasteiger partial charge on any atom is 0.315 e. The molecule has 6 nitrogen and oxygen atoms in total. The highest BCUT2D eigenvalue weighted by Crippen LogP contribution is 2.37. The summed E-state index contributed by atoms with van der Waals surface area (Å²) in [6, 6.07) is 2.35. The van der Waals surface area contributed by atoms with Crippen LogP contribution >= 0.6 is 11.6 Å². The summed E-state index contributed by atoms with van der Waals surface area (Å²) in [5.41, 5.74) is -0.393. The number of nitrogens with zero attached hydrogens (tertiary/aromatic N) is 1. The second kappa shape index (κ2) is 6.94. The van der Waals surface area contributed by atoms with Crippen molar-refractivity contribution in [3.05, 3.63) is 27.8 Å². The number of phenolic OH excluding ortho intramolecular Hbond substituents is 1. The summed E-state index contributed by atoms with van der Waals surface area (Å²) >= 11 is 5.51. The molecule has 0 radical (unpaired) electrons. The van der Waals surface area contributed by atoms with Gasteiger partial charge in [-0.05, 0) is 18.9 Å². The van der Waals surface area contributed by atoms with E-state index in [4.69, 9.17) is 16.3 Å². The zero-order valence-electron chi connectivity index (χ0n) is 10.4. The van der Waals surface area contributed by atoms with Crippen molar-refractivity contribution in [3.63, 3.8) is 0 Å². The Labute approximate surface area is 115 Å². The fourth-order valence-electron chi connectivity index (χ4n) is 1.57. The molecule has 7 heteroatoms. The van der Waals surface area contributed by atoms with Crippen LogP contribution in [0, 0.1) is 10.1 Å². The molecule has 1 aromatic rings. The lowest BCUT2D eigenvalue weighted by Crippen LogP contribution is -2.02. The summed E-state index contributed by atoms with van der Waals surface area (Å²) < 4.78 is 4.82. The Balaban J connectivity index is 3.04. The van der Waals surface area contributed by atoms with Gasteiger partial charge in [-0.3, -0.25) is 14.9 Å². The van der Waals surface area contributed by atoms with E-state index >= 15 is 0 Å². The first-order chi connectivity index (χ1) is 9.01. The molecule has 104 valence electrons. The van der Waals surface area contributed by atoms with Crippen molar-refractivity contribution >= 4 is 23.1 Å². The average Bonchev–Trinajstić information content (AvgIpc) is 2.38. The second-order valence-electron chi connectivity index (χ2n) is 3.87. The van der Waals surface area contributed by atoms with Gasteiger partial charge in [-0.1, -0.05) is 0 Å². The zero-order valence-corrected chi connectivity index (χ0v) is 11.1. The van der Waals surface area contributed by atoms with Gasteiger partial charge < -0.3 is 9.84 Å². The number of nitro groups is 1. The van der Waals surface area contributed by atoms with E-state index < -0.39 is 16.4 Å². The molecule has 0 saturated heterocycles. The molecular weight excluding hydrogens is 274 g/mol. The number of aromatic hydroxyl groups is 1. The third-order valence-electron chi connectivity index (χ3n) is 2.58. The Morgan fingerprint density at radius 3 is 2.68 bits per heavy atom. The van der Waals surface area contributed by atoms with Crippen LogP contribution < -0.4 is 4.74 Å². The highest BCUT2D eigenvalue weighted by molar-refractivity contribution is 6.17. The lowest BCUT2D eigenvalue weighted by atomic mass is 10.0. The third-order valence-corrected chi connectivity index (χ3v) is 2.85. The quantitative estimate of drug-likeness (QED) is 0.274. The summed E-state index contributed by atoms with van der Waals surface area (Å²) in [5, 5.41) is 20.4. The number of carbonyl (C=O) groups excluding carboxylic acids is 1. The minimum atomic E-state index is -0.757. The van der Waals surface area contributed by atoms with Gasteiger partial charge in [0.25, 0.3) is 0 Å². The monoisotopic (exact) mass is 287 g/mol. The number of ketones is 1. The maximum absolute atomic E-state index is 11.9. The van der Waals surface area contributed by atoms with E-state index in [2.05, 4.69) is 0 Å². The van der Waals surface area contributed by atoms with Gasteiger partial charge in [0, 0.05) is 23.9 Å². The number of hydrogen-bond acceptors (Lipinski definition) is 5. The van der Waals surface area contributed by atoms with Crippen LogP contribution in [0.5, 0.6) is 11.5 Å². The first-order valence-electron chi connectivity index (χ1n) is 5.65. The third kappa shape index (κ3) is 3.82. The summed E-state index contributed by atoms with van der Waals surface area (Å²) in [7, 11) is 1.26. The van der Waals surface area contributed by atoms with Crippen LogP contribution in [0.4, 0.5) is 5.69 Å². The van der Waals surface area contributed by atoms with E-state index in [1.54, 1.807) is 0 Å². The Morgan fingerprint density at radius 2 is 2.16 bits per heavy atom. The van der Waals surface area contributed by atoms with Gasteiger partial charge in [-0.2, -0.15) is 0 Å². The molecule has 0 spiro atoms. The van der Waals surface area contributed by atoms with Crippen molar-refractivity contribution in [3.8, 4) is 11.5 Å². The lowest BCUT2D eigenvalue weighted by Gasteiger charge is -2.07. The van der Waals surface area contributed by atoms with Crippen molar-refractivity contribution < 1.29 is 19.6 Å². The fourth-order valence-corrected chi connectivity index (χ4v) is 1.76. The summed E-state index contributed by atoms with van der Waals surface area (Å²) in [5.74, 6) is -0.446. The van der Waals surface area contributed by atoms with Crippen LogP contribution in [0.15, 0.2) is 12.1 Å². The van der Waals surface area contributed by atoms with Crippen LogP contribution in [0.25, 0.3) is 0 Å². The van der Waals surface area contributed by atoms with Gasteiger partial charge in [0.2, 0.25) is 5.75 Å². The molecular formula is C12H14ClNO5. The Bertz CT molecular complexity index is 489. The topological polar surface area (TPSA) is 89.7 Å². The van der Waals surface area contributed by atoms with Gasteiger partial charge in [-0.15, -0.1) is 11.6 Å². The van der Waals surface area contributed by atoms with Gasteiger partial charge >= 0.3 is 5.69 Å². The standard InChI is InChI=1S/C12H14ClNO5/c1-19-11-7-8(10(15)4-2-3-5-13)6-9(12(11)16)14(17)18/h6-7,16H,2-5H2,1H3. The first kappa shape index (κ1) is 15.2. The molecule has 19 heavy (non-hydrogen) atoms. The van der Waals surface area contributed by atoms with E-state index in [1.165, 1.54) is 13.2 Å². The Morgan fingerprint density at radius 1 is 1.47 bits per heavy atom. The number of phenols is 1. The van der Waals surface area contributed by atoms with E-state index in [9.17, 15) is 20.0 Å². The average molecular weight is 288 g/mol. The molecule has 0 bridgehead atoms. The maximum atomic E-state index is 11.9. The zero-order chi connectivity index (χ0) is 14.4. The van der Waals surface area contributed by atoms with Crippen LogP contribution in [0.3, 0.4) is 0 Å². The molecule has 0 saturated carbocycles. The molecule has 0 aromatic heterocycles. The largest absolute Gasteiger partial charge is 0.500 e. The van der Waals surface area contributed by atoms with Crippen LogP contribution in [0.1, 0.15) is 29.6 Å². The predicted octanol–water partition coefficient (Wildman–Crippen LogP) is 2.90. The molecule has 1 N–H and O–H groups in total. The van der Waals surface area contributed by atoms with Crippen molar-refractivity contribution in [2.45, 2.75) is 19.3 Å². The van der Waals surface area contributed by atoms with Crippen molar-refractivity contribution in [1.29, 1.82) is 0 Å². The van der Waals surface area contributed by atoms with Crippen molar-refractivity contribution in [2.24, 2.45) is 0 Å². The number of nitro benzene ring substituents is 1. The number of Topliss-reactive ketones (excluding diaryl/α,β-unsaturated/α-hetero) is 1. The summed E-state index contributed by atoms with van der Waals surface area (Å²) in [6.45, 7) is 0. The van der Waals surface area contributed by atoms with E-state index in [1.807, 2.05) is 0 Å². The number of carbonyl (C=O) groups is 1. The number of rotatable bonds is 7. The lowest BCUT2D eigenvalue weighted by molar-refractivity contribution is -0.386.